The van der Waals surface area contributed by atoms with E-state index in [2.05, 4.69) is 6.92 Å². The topological polar surface area (TPSA) is 80.8 Å². The lowest BCUT2D eigenvalue weighted by molar-refractivity contribution is 0.0390. The number of hydrogen-bond acceptors (Lipinski definition) is 5. The lowest BCUT2D eigenvalue weighted by Crippen LogP contribution is -2.40. The molecule has 2 aliphatic rings. The second-order valence-corrected chi connectivity index (χ2v) is 9.29. The SMILES string of the molecule is CCCCCN1C(=O)c2ccc3c4ccc5c6c(ccc(c7ccc(c2c37)C1=O)c64)C(=O)OC5=O. The van der Waals surface area contributed by atoms with Gasteiger partial charge in [-0.05, 0) is 63.0 Å². The number of carbonyl (C=O) groups excluding carboxylic acids is 4. The zero-order chi connectivity index (χ0) is 24.0. The molecule has 7 rings (SSSR count). The molecule has 0 radical (unpaired) electrons. The summed E-state index contributed by atoms with van der Waals surface area (Å²) in [5, 5.41) is 6.43. The average molecular weight is 461 g/mol. The van der Waals surface area contributed by atoms with Crippen LogP contribution in [-0.2, 0) is 4.74 Å². The minimum absolute atomic E-state index is 0.258. The fraction of sp³-hybridized carbons (Fsp3) is 0.172. The van der Waals surface area contributed by atoms with E-state index in [9.17, 15) is 19.2 Å². The van der Waals surface area contributed by atoms with Crippen LogP contribution in [0.15, 0.2) is 48.5 Å². The van der Waals surface area contributed by atoms with Crippen LogP contribution in [0.4, 0.5) is 0 Å². The standard InChI is InChI=1S/C29H19NO5/c1-2-3-4-13-30-26(31)18-9-5-14-16-7-11-20-25-21(29(34)35-28(20)33)12-8-17(23(16)25)15-6-10-19(27(30)32)24(18)22(14)15/h5-12H,2-4,13H2,1H3. The third-order valence-electron chi connectivity index (χ3n) is 7.46. The first kappa shape index (κ1) is 20.1. The smallest absolute Gasteiger partial charge is 0.346 e. The van der Waals surface area contributed by atoms with Gasteiger partial charge in [0, 0.05) is 28.4 Å². The van der Waals surface area contributed by atoms with E-state index in [-0.39, 0.29) is 11.8 Å². The van der Waals surface area contributed by atoms with Gasteiger partial charge in [0.15, 0.2) is 0 Å². The molecule has 0 N–H and O–H groups in total. The maximum absolute atomic E-state index is 13.4. The lowest BCUT2D eigenvalue weighted by atomic mass is 9.83. The predicted molar refractivity (Wildman–Crippen MR) is 132 cm³/mol. The number of rotatable bonds is 4. The number of cyclic esters (lactones) is 2. The first-order valence-corrected chi connectivity index (χ1v) is 11.8. The summed E-state index contributed by atoms with van der Waals surface area (Å²) >= 11 is 0. The van der Waals surface area contributed by atoms with Crippen LogP contribution < -0.4 is 0 Å². The summed E-state index contributed by atoms with van der Waals surface area (Å²) in [6.07, 6.45) is 2.74. The van der Waals surface area contributed by atoms with Crippen LogP contribution in [0, 0.1) is 0 Å². The van der Waals surface area contributed by atoms with Crippen molar-refractivity contribution in [2.75, 3.05) is 6.54 Å². The Morgan fingerprint density at radius 3 is 1.46 bits per heavy atom. The number of unbranched alkanes of at least 4 members (excludes halogenated alkanes) is 2. The van der Waals surface area contributed by atoms with Crippen molar-refractivity contribution in [3.8, 4) is 0 Å². The number of ether oxygens (including phenoxy) is 1. The van der Waals surface area contributed by atoms with E-state index < -0.39 is 11.9 Å². The van der Waals surface area contributed by atoms with Crippen LogP contribution in [0.5, 0.6) is 0 Å². The lowest BCUT2D eigenvalue weighted by Gasteiger charge is -2.28. The molecule has 0 bridgehead atoms. The fourth-order valence-corrected chi connectivity index (χ4v) is 5.89. The quantitative estimate of drug-likeness (QED) is 0.0840. The van der Waals surface area contributed by atoms with Crippen LogP contribution >= 0.6 is 0 Å². The van der Waals surface area contributed by atoms with E-state index in [1.54, 1.807) is 24.3 Å². The van der Waals surface area contributed by atoms with E-state index in [4.69, 9.17) is 4.74 Å². The summed E-state index contributed by atoms with van der Waals surface area (Å²) in [5.41, 5.74) is 1.79. The molecule has 6 nitrogen and oxygen atoms in total. The van der Waals surface area contributed by atoms with Crippen LogP contribution in [0.25, 0.3) is 43.1 Å². The predicted octanol–water partition coefficient (Wildman–Crippen LogP) is 5.83. The summed E-state index contributed by atoms with van der Waals surface area (Å²) < 4.78 is 4.93. The van der Waals surface area contributed by atoms with Gasteiger partial charge in [-0.3, -0.25) is 14.5 Å². The maximum Gasteiger partial charge on any atom is 0.346 e. The van der Waals surface area contributed by atoms with Crippen molar-refractivity contribution < 1.29 is 23.9 Å². The summed E-state index contributed by atoms with van der Waals surface area (Å²) in [6, 6.07) is 14.5. The van der Waals surface area contributed by atoms with Gasteiger partial charge in [-0.15, -0.1) is 0 Å². The summed E-state index contributed by atoms with van der Waals surface area (Å²) in [4.78, 5) is 53.1. The summed E-state index contributed by atoms with van der Waals surface area (Å²) in [6.45, 7) is 2.50. The van der Waals surface area contributed by atoms with E-state index in [1.165, 1.54) is 4.90 Å². The monoisotopic (exact) mass is 461 g/mol. The van der Waals surface area contributed by atoms with Gasteiger partial charge in [0.2, 0.25) is 0 Å². The normalized spacial score (nSPS) is 15.3. The zero-order valence-electron chi connectivity index (χ0n) is 18.9. The Hall–Kier alpha value is -4.32. The molecule has 2 heterocycles. The number of fused-ring (bicyclic) bond motifs is 2. The Bertz CT molecular complexity index is 1700. The molecule has 0 fully saturated rings. The highest BCUT2D eigenvalue weighted by molar-refractivity contribution is 6.40. The van der Waals surface area contributed by atoms with Gasteiger partial charge < -0.3 is 4.74 Å². The Balaban J connectivity index is 1.59. The highest BCUT2D eigenvalue weighted by Gasteiger charge is 2.35. The van der Waals surface area contributed by atoms with E-state index in [0.717, 1.165) is 51.6 Å². The van der Waals surface area contributed by atoms with Gasteiger partial charge in [-0.25, -0.2) is 9.59 Å². The Labute approximate surface area is 199 Å². The maximum atomic E-state index is 13.4. The molecule has 0 aliphatic carbocycles. The molecule has 0 saturated carbocycles. The average Bonchev–Trinajstić information content (AvgIpc) is 2.87. The highest BCUT2D eigenvalue weighted by atomic mass is 16.6. The third kappa shape index (κ3) is 2.43. The van der Waals surface area contributed by atoms with Crippen molar-refractivity contribution >= 4 is 66.8 Å². The molecule has 35 heavy (non-hydrogen) atoms. The van der Waals surface area contributed by atoms with E-state index >= 15 is 0 Å². The van der Waals surface area contributed by atoms with Crippen molar-refractivity contribution in [2.45, 2.75) is 26.2 Å². The number of hydrogen-bond donors (Lipinski definition) is 0. The Kier molecular flexibility index (Phi) is 3.93. The first-order chi connectivity index (χ1) is 17.0. The van der Waals surface area contributed by atoms with Gasteiger partial charge in [0.1, 0.15) is 0 Å². The van der Waals surface area contributed by atoms with Crippen molar-refractivity contribution in [3.63, 3.8) is 0 Å². The number of amides is 2. The number of benzene rings is 5. The van der Waals surface area contributed by atoms with E-state index in [1.807, 2.05) is 24.3 Å². The van der Waals surface area contributed by atoms with Crippen LogP contribution in [0.1, 0.15) is 67.6 Å². The third-order valence-corrected chi connectivity index (χ3v) is 7.46. The molecule has 5 aromatic carbocycles. The first-order valence-electron chi connectivity index (χ1n) is 11.8. The van der Waals surface area contributed by atoms with Crippen molar-refractivity contribution in [1.82, 2.24) is 4.90 Å². The highest BCUT2D eigenvalue weighted by Crippen LogP contribution is 2.45. The van der Waals surface area contributed by atoms with Crippen LogP contribution in [-0.4, -0.2) is 35.2 Å². The number of nitrogens with zero attached hydrogens (tertiary/aromatic N) is 1. The molecule has 2 amide bonds. The molecule has 6 heteroatoms. The van der Waals surface area contributed by atoms with Gasteiger partial charge in [-0.2, -0.15) is 0 Å². The van der Waals surface area contributed by atoms with Crippen LogP contribution in [0.2, 0.25) is 0 Å². The molecule has 170 valence electrons. The van der Waals surface area contributed by atoms with Gasteiger partial charge in [-0.1, -0.05) is 44.0 Å². The van der Waals surface area contributed by atoms with Gasteiger partial charge >= 0.3 is 11.9 Å². The van der Waals surface area contributed by atoms with Gasteiger partial charge in [0.05, 0.1) is 11.1 Å². The molecule has 0 unspecified atom stereocenters. The van der Waals surface area contributed by atoms with Crippen molar-refractivity contribution in [3.05, 3.63) is 70.8 Å². The Morgan fingerprint density at radius 2 is 1.00 bits per heavy atom. The number of esters is 2. The van der Waals surface area contributed by atoms with Gasteiger partial charge in [0.25, 0.3) is 11.8 Å². The molecule has 2 aliphatic heterocycles. The number of carbonyl (C=O) groups is 4. The fourth-order valence-electron chi connectivity index (χ4n) is 5.89. The largest absolute Gasteiger partial charge is 0.386 e. The molecule has 5 aromatic rings. The minimum Gasteiger partial charge on any atom is -0.386 e. The minimum atomic E-state index is -0.651. The van der Waals surface area contributed by atoms with E-state index in [0.29, 0.717) is 39.6 Å². The molecule has 0 spiro atoms. The molecule has 0 saturated heterocycles. The molecule has 0 atom stereocenters. The Morgan fingerprint density at radius 1 is 0.571 bits per heavy atom. The molecule has 0 aromatic heterocycles. The summed E-state index contributed by atoms with van der Waals surface area (Å²) in [7, 11) is 0. The summed E-state index contributed by atoms with van der Waals surface area (Å²) in [5.74, 6) is -1.82. The van der Waals surface area contributed by atoms with Crippen molar-refractivity contribution in [2.24, 2.45) is 0 Å². The second-order valence-electron chi connectivity index (χ2n) is 9.29. The zero-order valence-corrected chi connectivity index (χ0v) is 18.9. The van der Waals surface area contributed by atoms with Crippen LogP contribution in [0.3, 0.4) is 0 Å². The molecular weight excluding hydrogens is 442 g/mol. The number of imide groups is 1. The van der Waals surface area contributed by atoms with Crippen molar-refractivity contribution in [1.29, 1.82) is 0 Å². The molecular formula is C29H19NO5. The second kappa shape index (κ2) is 6.85.